The van der Waals surface area contributed by atoms with Crippen LogP contribution in [0.15, 0.2) is 12.4 Å². The number of hydrogen-bond donors (Lipinski definition) is 0. The average Bonchev–Trinajstić information content (AvgIpc) is 2.71. The number of nitrogens with zero attached hydrogens (tertiary/aromatic N) is 3. The number of aromatic nitrogens is 2. The SMILES string of the molecule is Cc1cnn(CC2(C#N)CC2)c1. The van der Waals surface area contributed by atoms with Gasteiger partial charge in [-0.05, 0) is 25.3 Å². The molecule has 0 aliphatic heterocycles. The third kappa shape index (κ3) is 1.20. The molecule has 0 N–H and O–H groups in total. The number of rotatable bonds is 2. The first kappa shape index (κ1) is 7.35. The molecule has 1 heterocycles. The Balaban J connectivity index is 2.10. The maximum atomic E-state index is 8.83. The van der Waals surface area contributed by atoms with Gasteiger partial charge in [0.05, 0.1) is 24.2 Å². The number of hydrogen-bond acceptors (Lipinski definition) is 2. The molecule has 0 aromatic carbocycles. The lowest BCUT2D eigenvalue weighted by molar-refractivity contribution is 0.485. The van der Waals surface area contributed by atoms with Gasteiger partial charge >= 0.3 is 0 Å². The topological polar surface area (TPSA) is 41.6 Å². The van der Waals surface area contributed by atoms with Gasteiger partial charge in [0.2, 0.25) is 0 Å². The van der Waals surface area contributed by atoms with Crippen molar-refractivity contribution in [2.45, 2.75) is 26.3 Å². The van der Waals surface area contributed by atoms with E-state index in [1.807, 2.05) is 24.0 Å². The van der Waals surface area contributed by atoms with E-state index in [4.69, 9.17) is 5.26 Å². The molecule has 12 heavy (non-hydrogen) atoms. The van der Waals surface area contributed by atoms with Crippen molar-refractivity contribution in [2.75, 3.05) is 0 Å². The predicted octanol–water partition coefficient (Wildman–Crippen LogP) is 1.50. The third-order valence-corrected chi connectivity index (χ3v) is 2.32. The Hall–Kier alpha value is -1.30. The fourth-order valence-corrected chi connectivity index (χ4v) is 1.32. The largest absolute Gasteiger partial charge is 0.271 e. The van der Waals surface area contributed by atoms with Gasteiger partial charge in [0, 0.05) is 6.20 Å². The van der Waals surface area contributed by atoms with Gasteiger partial charge in [0.15, 0.2) is 0 Å². The van der Waals surface area contributed by atoms with Gasteiger partial charge < -0.3 is 0 Å². The highest BCUT2D eigenvalue weighted by molar-refractivity contribution is 5.10. The van der Waals surface area contributed by atoms with E-state index in [2.05, 4.69) is 11.2 Å². The van der Waals surface area contributed by atoms with E-state index in [1.54, 1.807) is 0 Å². The first-order chi connectivity index (χ1) is 5.74. The van der Waals surface area contributed by atoms with Crippen LogP contribution in [0.25, 0.3) is 0 Å². The van der Waals surface area contributed by atoms with Crippen molar-refractivity contribution >= 4 is 0 Å². The molecule has 2 rings (SSSR count). The minimum atomic E-state index is -0.0849. The van der Waals surface area contributed by atoms with Gasteiger partial charge in [-0.1, -0.05) is 0 Å². The van der Waals surface area contributed by atoms with E-state index in [0.717, 1.165) is 24.9 Å². The summed E-state index contributed by atoms with van der Waals surface area (Å²) in [7, 11) is 0. The Bertz CT molecular complexity index is 328. The fraction of sp³-hybridized carbons (Fsp3) is 0.556. The average molecular weight is 161 g/mol. The normalized spacial score (nSPS) is 18.7. The molecule has 0 atom stereocenters. The van der Waals surface area contributed by atoms with Crippen LogP contribution in [0.1, 0.15) is 18.4 Å². The van der Waals surface area contributed by atoms with Crippen LogP contribution in [-0.2, 0) is 6.54 Å². The lowest BCUT2D eigenvalue weighted by Crippen LogP contribution is -2.09. The number of nitriles is 1. The molecular weight excluding hydrogens is 150 g/mol. The quantitative estimate of drug-likeness (QED) is 0.659. The van der Waals surface area contributed by atoms with Crippen LogP contribution in [0.5, 0.6) is 0 Å². The molecule has 0 radical (unpaired) electrons. The van der Waals surface area contributed by atoms with Crippen molar-refractivity contribution in [2.24, 2.45) is 5.41 Å². The van der Waals surface area contributed by atoms with E-state index < -0.39 is 0 Å². The summed E-state index contributed by atoms with van der Waals surface area (Å²) in [5, 5.41) is 13.0. The second kappa shape index (κ2) is 2.34. The molecule has 0 unspecified atom stereocenters. The van der Waals surface area contributed by atoms with Crippen molar-refractivity contribution in [3.05, 3.63) is 18.0 Å². The Kier molecular flexibility index (Phi) is 1.44. The minimum absolute atomic E-state index is 0.0849. The molecule has 1 fully saturated rings. The van der Waals surface area contributed by atoms with Crippen LogP contribution >= 0.6 is 0 Å². The second-order valence-electron chi connectivity index (χ2n) is 3.61. The molecule has 1 saturated carbocycles. The van der Waals surface area contributed by atoms with Crippen molar-refractivity contribution in [3.63, 3.8) is 0 Å². The van der Waals surface area contributed by atoms with Gasteiger partial charge in [0.1, 0.15) is 0 Å². The van der Waals surface area contributed by atoms with E-state index in [0.29, 0.717) is 0 Å². The summed E-state index contributed by atoms with van der Waals surface area (Å²) < 4.78 is 1.87. The molecule has 1 aliphatic carbocycles. The van der Waals surface area contributed by atoms with E-state index in [-0.39, 0.29) is 5.41 Å². The van der Waals surface area contributed by atoms with Gasteiger partial charge in [-0.15, -0.1) is 0 Å². The molecule has 0 saturated heterocycles. The van der Waals surface area contributed by atoms with Crippen molar-refractivity contribution in [3.8, 4) is 6.07 Å². The molecular formula is C9H11N3. The highest BCUT2D eigenvalue weighted by atomic mass is 15.3. The van der Waals surface area contributed by atoms with E-state index >= 15 is 0 Å². The summed E-state index contributed by atoms with van der Waals surface area (Å²) in [6.07, 6.45) is 5.87. The van der Waals surface area contributed by atoms with Crippen LogP contribution in [0.3, 0.4) is 0 Å². The molecule has 62 valence electrons. The zero-order valence-corrected chi connectivity index (χ0v) is 7.12. The minimum Gasteiger partial charge on any atom is -0.271 e. The Morgan fingerprint density at radius 2 is 2.50 bits per heavy atom. The van der Waals surface area contributed by atoms with Gasteiger partial charge in [-0.3, -0.25) is 4.68 Å². The first-order valence-electron chi connectivity index (χ1n) is 4.14. The third-order valence-electron chi connectivity index (χ3n) is 2.32. The predicted molar refractivity (Wildman–Crippen MR) is 44.2 cm³/mol. The molecule has 3 heteroatoms. The van der Waals surface area contributed by atoms with E-state index in [1.165, 1.54) is 0 Å². The summed E-state index contributed by atoms with van der Waals surface area (Å²) in [5.74, 6) is 0. The van der Waals surface area contributed by atoms with Gasteiger partial charge in [-0.2, -0.15) is 10.4 Å². The maximum Gasteiger partial charge on any atom is 0.0770 e. The van der Waals surface area contributed by atoms with Crippen molar-refractivity contribution in [1.82, 2.24) is 9.78 Å². The summed E-state index contributed by atoms with van der Waals surface area (Å²) in [6, 6.07) is 2.35. The van der Waals surface area contributed by atoms with Crippen LogP contribution < -0.4 is 0 Å². The molecule has 1 aliphatic rings. The molecule has 0 bridgehead atoms. The summed E-state index contributed by atoms with van der Waals surface area (Å²) in [4.78, 5) is 0. The highest BCUT2D eigenvalue weighted by Gasteiger charge is 2.43. The molecule has 3 nitrogen and oxygen atoms in total. The summed E-state index contributed by atoms with van der Waals surface area (Å²) >= 11 is 0. The van der Waals surface area contributed by atoms with Crippen LogP contribution in [0.2, 0.25) is 0 Å². The number of aryl methyl sites for hydroxylation is 1. The summed E-state index contributed by atoms with van der Waals surface area (Å²) in [6.45, 7) is 2.77. The molecule has 0 spiro atoms. The van der Waals surface area contributed by atoms with Gasteiger partial charge in [-0.25, -0.2) is 0 Å². The van der Waals surface area contributed by atoms with Crippen molar-refractivity contribution < 1.29 is 0 Å². The van der Waals surface area contributed by atoms with Gasteiger partial charge in [0.25, 0.3) is 0 Å². The Morgan fingerprint density at radius 3 is 2.92 bits per heavy atom. The molecule has 1 aromatic rings. The molecule has 0 amide bonds. The van der Waals surface area contributed by atoms with E-state index in [9.17, 15) is 0 Å². The standard InChI is InChI=1S/C9H11N3/c1-8-4-11-12(5-8)7-9(6-10)2-3-9/h4-5H,2-3,7H2,1H3. The summed E-state index contributed by atoms with van der Waals surface area (Å²) in [5.41, 5.74) is 1.07. The second-order valence-corrected chi connectivity index (χ2v) is 3.61. The zero-order chi connectivity index (χ0) is 8.60. The molecule has 1 aromatic heterocycles. The Labute approximate surface area is 71.6 Å². The smallest absolute Gasteiger partial charge is 0.0770 e. The van der Waals surface area contributed by atoms with Crippen LogP contribution in [0.4, 0.5) is 0 Å². The lowest BCUT2D eigenvalue weighted by Gasteiger charge is -2.04. The highest BCUT2D eigenvalue weighted by Crippen LogP contribution is 2.46. The zero-order valence-electron chi connectivity index (χ0n) is 7.12. The van der Waals surface area contributed by atoms with Crippen molar-refractivity contribution in [1.29, 1.82) is 5.26 Å². The fourth-order valence-electron chi connectivity index (χ4n) is 1.32. The lowest BCUT2D eigenvalue weighted by atomic mass is 10.1. The first-order valence-corrected chi connectivity index (χ1v) is 4.14. The monoisotopic (exact) mass is 161 g/mol. The maximum absolute atomic E-state index is 8.83. The van der Waals surface area contributed by atoms with Crippen LogP contribution in [-0.4, -0.2) is 9.78 Å². The van der Waals surface area contributed by atoms with Crippen LogP contribution in [0, 0.1) is 23.7 Å². The Morgan fingerprint density at radius 1 is 1.75 bits per heavy atom.